The molecular weight excluding hydrogens is 370 g/mol. The highest BCUT2D eigenvalue weighted by atomic mass is 16.5. The first-order chi connectivity index (χ1) is 13.9. The van der Waals surface area contributed by atoms with Crippen molar-refractivity contribution in [2.45, 2.75) is 20.3 Å². The standard InChI is InChI=1S/C22H21N3O4/c1-13-22(14(2)25(3)24-13)23-19(26)12-29-20(27)10-16-11-28-18-9-8-15-6-4-5-7-17(15)21(16)18/h4-9,11H,10,12H2,1-3H3,(H,23,26). The summed E-state index contributed by atoms with van der Waals surface area (Å²) in [6.45, 7) is 3.31. The number of carbonyl (C=O) groups is 2. The zero-order valence-corrected chi connectivity index (χ0v) is 16.5. The van der Waals surface area contributed by atoms with Gasteiger partial charge in [-0.2, -0.15) is 5.10 Å². The number of nitrogens with zero attached hydrogens (tertiary/aromatic N) is 2. The lowest BCUT2D eigenvalue weighted by Crippen LogP contribution is -2.22. The van der Waals surface area contributed by atoms with Crippen molar-refractivity contribution in [2.24, 2.45) is 7.05 Å². The fraction of sp³-hybridized carbons (Fsp3) is 0.227. The van der Waals surface area contributed by atoms with Crippen LogP contribution in [0.2, 0.25) is 0 Å². The zero-order chi connectivity index (χ0) is 20.5. The smallest absolute Gasteiger partial charge is 0.310 e. The molecule has 0 spiro atoms. The molecule has 7 heteroatoms. The zero-order valence-electron chi connectivity index (χ0n) is 16.5. The number of carbonyl (C=O) groups excluding carboxylic acids is 2. The third kappa shape index (κ3) is 3.59. The van der Waals surface area contributed by atoms with Gasteiger partial charge in [0.05, 0.1) is 29.8 Å². The number of furan rings is 1. The summed E-state index contributed by atoms with van der Waals surface area (Å²) in [6, 6.07) is 11.8. The maximum atomic E-state index is 12.3. The second kappa shape index (κ2) is 7.43. The van der Waals surface area contributed by atoms with E-state index < -0.39 is 11.9 Å². The SMILES string of the molecule is Cc1nn(C)c(C)c1NC(=O)COC(=O)Cc1coc2ccc3ccccc3c12. The second-order valence-corrected chi connectivity index (χ2v) is 6.98. The largest absolute Gasteiger partial charge is 0.464 e. The van der Waals surface area contributed by atoms with E-state index in [9.17, 15) is 9.59 Å². The van der Waals surface area contributed by atoms with Crippen LogP contribution in [0.3, 0.4) is 0 Å². The van der Waals surface area contributed by atoms with E-state index in [-0.39, 0.29) is 13.0 Å². The fourth-order valence-electron chi connectivity index (χ4n) is 3.49. The summed E-state index contributed by atoms with van der Waals surface area (Å²) >= 11 is 0. The van der Waals surface area contributed by atoms with E-state index in [1.807, 2.05) is 50.2 Å². The molecular formula is C22H21N3O4. The molecule has 0 aliphatic rings. The average Bonchev–Trinajstić information content (AvgIpc) is 3.22. The number of fused-ring (bicyclic) bond motifs is 3. The van der Waals surface area contributed by atoms with Gasteiger partial charge in [-0.25, -0.2) is 0 Å². The Morgan fingerprint density at radius 1 is 1.17 bits per heavy atom. The number of benzene rings is 2. The van der Waals surface area contributed by atoms with Crippen molar-refractivity contribution in [2.75, 3.05) is 11.9 Å². The van der Waals surface area contributed by atoms with Gasteiger partial charge in [-0.15, -0.1) is 0 Å². The Morgan fingerprint density at radius 3 is 2.72 bits per heavy atom. The molecule has 2 heterocycles. The van der Waals surface area contributed by atoms with Gasteiger partial charge in [0.25, 0.3) is 5.91 Å². The molecule has 0 bridgehead atoms. The topological polar surface area (TPSA) is 86.4 Å². The van der Waals surface area contributed by atoms with Crippen LogP contribution in [-0.4, -0.2) is 28.3 Å². The molecule has 148 valence electrons. The summed E-state index contributed by atoms with van der Waals surface area (Å²) in [4.78, 5) is 24.5. The highest BCUT2D eigenvalue weighted by Crippen LogP contribution is 2.30. The number of aromatic nitrogens is 2. The van der Waals surface area contributed by atoms with Crippen LogP contribution >= 0.6 is 0 Å². The Bertz CT molecular complexity index is 1240. The minimum absolute atomic E-state index is 0.0270. The van der Waals surface area contributed by atoms with Gasteiger partial charge in [0, 0.05) is 18.0 Å². The predicted molar refractivity (Wildman–Crippen MR) is 110 cm³/mol. The van der Waals surface area contributed by atoms with Crippen molar-refractivity contribution < 1.29 is 18.7 Å². The highest BCUT2D eigenvalue weighted by Gasteiger charge is 2.17. The van der Waals surface area contributed by atoms with Crippen molar-refractivity contribution in [3.8, 4) is 0 Å². The number of ether oxygens (including phenoxy) is 1. The fourth-order valence-corrected chi connectivity index (χ4v) is 3.49. The number of aryl methyl sites for hydroxylation is 2. The third-order valence-electron chi connectivity index (χ3n) is 5.01. The molecule has 0 aliphatic carbocycles. The summed E-state index contributed by atoms with van der Waals surface area (Å²) in [7, 11) is 1.80. The van der Waals surface area contributed by atoms with E-state index in [0.717, 1.165) is 27.4 Å². The first kappa shape index (κ1) is 18.7. The second-order valence-electron chi connectivity index (χ2n) is 6.98. The lowest BCUT2D eigenvalue weighted by molar-refractivity contribution is -0.146. The highest BCUT2D eigenvalue weighted by molar-refractivity contribution is 6.08. The van der Waals surface area contributed by atoms with E-state index >= 15 is 0 Å². The first-order valence-corrected chi connectivity index (χ1v) is 9.27. The van der Waals surface area contributed by atoms with E-state index in [4.69, 9.17) is 9.15 Å². The van der Waals surface area contributed by atoms with Gasteiger partial charge in [-0.05, 0) is 30.7 Å². The summed E-state index contributed by atoms with van der Waals surface area (Å²) in [5.74, 6) is -0.893. The van der Waals surface area contributed by atoms with E-state index in [1.165, 1.54) is 0 Å². The summed E-state index contributed by atoms with van der Waals surface area (Å²) in [5, 5.41) is 9.97. The Hall–Kier alpha value is -3.61. The number of hydrogen-bond donors (Lipinski definition) is 1. The molecule has 0 saturated heterocycles. The van der Waals surface area contributed by atoms with E-state index in [1.54, 1.807) is 18.0 Å². The number of esters is 1. The molecule has 0 saturated carbocycles. The van der Waals surface area contributed by atoms with Crippen LogP contribution < -0.4 is 5.32 Å². The van der Waals surface area contributed by atoms with Gasteiger partial charge in [0.1, 0.15) is 5.58 Å². The maximum Gasteiger partial charge on any atom is 0.310 e. The molecule has 29 heavy (non-hydrogen) atoms. The third-order valence-corrected chi connectivity index (χ3v) is 5.01. The maximum absolute atomic E-state index is 12.3. The van der Waals surface area contributed by atoms with E-state index in [2.05, 4.69) is 10.4 Å². The van der Waals surface area contributed by atoms with E-state index in [0.29, 0.717) is 17.0 Å². The van der Waals surface area contributed by atoms with Crippen LogP contribution in [0.25, 0.3) is 21.7 Å². The van der Waals surface area contributed by atoms with Crippen LogP contribution in [-0.2, 0) is 27.8 Å². The van der Waals surface area contributed by atoms with Gasteiger partial charge in [-0.3, -0.25) is 14.3 Å². The summed E-state index contributed by atoms with van der Waals surface area (Å²) in [6.07, 6.45) is 1.60. The number of hydrogen-bond acceptors (Lipinski definition) is 5. The van der Waals surface area contributed by atoms with Crippen LogP contribution in [0.4, 0.5) is 5.69 Å². The van der Waals surface area contributed by atoms with Gasteiger partial charge in [0.15, 0.2) is 6.61 Å². The van der Waals surface area contributed by atoms with Crippen molar-refractivity contribution in [3.63, 3.8) is 0 Å². The summed E-state index contributed by atoms with van der Waals surface area (Å²) in [5.41, 5.74) is 3.63. The molecule has 0 atom stereocenters. The lowest BCUT2D eigenvalue weighted by atomic mass is 10.0. The minimum atomic E-state index is -0.490. The molecule has 2 aromatic heterocycles. The molecule has 0 fully saturated rings. The molecule has 2 aromatic carbocycles. The van der Waals surface area contributed by atoms with Crippen LogP contribution in [0.5, 0.6) is 0 Å². The number of amides is 1. The molecule has 1 N–H and O–H groups in total. The molecule has 1 amide bonds. The number of nitrogens with one attached hydrogen (secondary N) is 1. The number of anilines is 1. The Morgan fingerprint density at radius 2 is 1.97 bits per heavy atom. The Balaban J connectivity index is 1.44. The quantitative estimate of drug-likeness (QED) is 0.525. The predicted octanol–water partition coefficient (Wildman–Crippen LogP) is 3.66. The number of rotatable bonds is 5. The monoisotopic (exact) mass is 391 g/mol. The molecule has 7 nitrogen and oxygen atoms in total. The van der Waals surface area contributed by atoms with Crippen molar-refractivity contribution >= 4 is 39.3 Å². The molecule has 4 aromatic rings. The first-order valence-electron chi connectivity index (χ1n) is 9.27. The van der Waals surface area contributed by atoms with Crippen molar-refractivity contribution in [1.82, 2.24) is 9.78 Å². The normalized spacial score (nSPS) is 11.1. The van der Waals surface area contributed by atoms with Gasteiger partial charge >= 0.3 is 5.97 Å². The summed E-state index contributed by atoms with van der Waals surface area (Å²) < 4.78 is 12.5. The van der Waals surface area contributed by atoms with Crippen LogP contribution in [0.1, 0.15) is 17.0 Å². The van der Waals surface area contributed by atoms with Gasteiger partial charge in [-0.1, -0.05) is 30.3 Å². The molecule has 4 rings (SSSR count). The van der Waals surface area contributed by atoms with Crippen LogP contribution in [0, 0.1) is 13.8 Å². The van der Waals surface area contributed by atoms with Crippen molar-refractivity contribution in [3.05, 3.63) is 59.6 Å². The Kier molecular flexibility index (Phi) is 4.80. The molecule has 0 radical (unpaired) electrons. The van der Waals surface area contributed by atoms with Gasteiger partial charge < -0.3 is 14.5 Å². The Labute approximate surface area is 167 Å². The minimum Gasteiger partial charge on any atom is -0.464 e. The van der Waals surface area contributed by atoms with Gasteiger partial charge in [0.2, 0.25) is 0 Å². The average molecular weight is 391 g/mol. The molecule has 0 aliphatic heterocycles. The lowest BCUT2D eigenvalue weighted by Gasteiger charge is -2.07. The van der Waals surface area contributed by atoms with Crippen LogP contribution in [0.15, 0.2) is 47.1 Å². The molecule has 0 unspecified atom stereocenters. The van der Waals surface area contributed by atoms with Crippen molar-refractivity contribution in [1.29, 1.82) is 0 Å².